The molecule has 0 N–H and O–H groups in total. The van der Waals surface area contributed by atoms with Gasteiger partial charge in [0.1, 0.15) is 31.7 Å². The minimum absolute atomic E-state index is 0.0143. The highest BCUT2D eigenvalue weighted by atomic mass is 16.8. The molecule has 0 radical (unpaired) electrons. The highest BCUT2D eigenvalue weighted by Crippen LogP contribution is 2.38. The molecule has 308 valence electrons. The number of aldehydes is 1. The van der Waals surface area contributed by atoms with Crippen molar-refractivity contribution in [2.24, 2.45) is 0 Å². The maximum absolute atomic E-state index is 12.4. The summed E-state index contributed by atoms with van der Waals surface area (Å²) in [6, 6.07) is 3.62. The maximum atomic E-state index is 12.4. The number of carbonyl (C=O) groups excluding carboxylic acids is 9. The molecule has 0 amide bonds. The zero-order valence-corrected chi connectivity index (χ0v) is 31.6. The number of rotatable bonds is 15. The lowest BCUT2D eigenvalue weighted by atomic mass is 9.98. The zero-order chi connectivity index (χ0) is 41.9. The molecule has 2 aliphatic heterocycles. The van der Waals surface area contributed by atoms with E-state index in [1.165, 1.54) is 12.1 Å². The van der Waals surface area contributed by atoms with E-state index in [9.17, 15) is 43.2 Å². The van der Waals surface area contributed by atoms with Crippen LogP contribution in [0.3, 0.4) is 0 Å². The Balaban J connectivity index is 2.17. The number of benzene rings is 1. The molecular formula is C35H42O21. The van der Waals surface area contributed by atoms with Gasteiger partial charge in [-0.3, -0.25) is 43.2 Å². The van der Waals surface area contributed by atoms with E-state index in [1.54, 1.807) is 0 Å². The third kappa shape index (κ3) is 12.9. The highest BCUT2D eigenvalue weighted by molar-refractivity contribution is 5.76. The molecule has 2 heterocycles. The standard InChI is InChI=1S/C35H42O21/c1-15(37)45-13-26-28(47-17(3)39)30(49-19(5)41)32(51-21(7)43)34(55-26)53-24-10-9-23(12-36)11-25(24)54-35-33(52-22(8)44)31(50-20(6)42)29(48-18(4)40)27(56-35)14-46-16(2)38/h9-12,26-35H,13-14H2,1-8H3/t26-,27+,28-,29-,30+,31+,32-,33-,34-,35+/m0/s1. The summed E-state index contributed by atoms with van der Waals surface area (Å²) in [6.07, 6.45) is -15.6. The molecule has 0 bridgehead atoms. The first-order valence-electron chi connectivity index (χ1n) is 16.8. The fraction of sp³-hybridized carbons (Fsp3) is 0.571. The normalized spacial score (nSPS) is 26.9. The smallest absolute Gasteiger partial charge is 0.303 e. The first-order chi connectivity index (χ1) is 26.3. The van der Waals surface area contributed by atoms with Crippen molar-refractivity contribution in [1.29, 1.82) is 0 Å². The summed E-state index contributed by atoms with van der Waals surface area (Å²) in [4.78, 5) is 109. The first kappa shape index (κ1) is 44.6. The van der Waals surface area contributed by atoms with Gasteiger partial charge in [0.2, 0.25) is 24.8 Å². The van der Waals surface area contributed by atoms with Crippen molar-refractivity contribution in [3.05, 3.63) is 23.8 Å². The Bertz CT molecular complexity index is 1660. The molecule has 0 aromatic heterocycles. The van der Waals surface area contributed by atoms with Gasteiger partial charge in [-0.1, -0.05) is 0 Å². The molecule has 0 spiro atoms. The third-order valence-electron chi connectivity index (χ3n) is 7.49. The fourth-order valence-electron chi connectivity index (χ4n) is 5.60. The predicted octanol–water partition coefficient (Wildman–Crippen LogP) is 0.423. The SMILES string of the molecule is CC(=O)OC[C@@H]1O[C@H](Oc2ccc(C=O)cc2O[C@@H]2O[C@H](COC(C)=O)[C@H](OC(C)=O)[C@@H](OC(C)=O)[C@@H]2OC(C)=O)[C@@H](OC(C)=O)[C@H](OC(C)=O)[C@H]1OC(C)=O. The Labute approximate surface area is 319 Å². The molecular weight excluding hydrogens is 756 g/mol. The molecule has 3 rings (SSSR count). The molecule has 2 fully saturated rings. The van der Waals surface area contributed by atoms with Crippen LogP contribution in [-0.4, -0.2) is 129 Å². The Kier molecular flexibility index (Phi) is 16.1. The van der Waals surface area contributed by atoms with Crippen molar-refractivity contribution < 1.29 is 100.0 Å². The van der Waals surface area contributed by atoms with E-state index in [1.807, 2.05) is 0 Å². The number of esters is 8. The van der Waals surface area contributed by atoms with Crippen LogP contribution in [0.15, 0.2) is 18.2 Å². The minimum atomic E-state index is -1.80. The molecule has 2 saturated heterocycles. The summed E-state index contributed by atoms with van der Waals surface area (Å²) in [5.74, 6) is -7.59. The van der Waals surface area contributed by atoms with Crippen LogP contribution in [0, 0.1) is 0 Å². The van der Waals surface area contributed by atoms with Crippen LogP contribution in [0.5, 0.6) is 11.5 Å². The van der Waals surface area contributed by atoms with Crippen molar-refractivity contribution in [3.63, 3.8) is 0 Å². The molecule has 21 nitrogen and oxygen atoms in total. The number of hydrogen-bond donors (Lipinski definition) is 0. The summed E-state index contributed by atoms with van der Waals surface area (Å²) in [7, 11) is 0. The lowest BCUT2D eigenvalue weighted by Crippen LogP contribution is -2.64. The average Bonchev–Trinajstić information content (AvgIpc) is 3.07. The first-order valence-corrected chi connectivity index (χ1v) is 16.8. The van der Waals surface area contributed by atoms with Crippen LogP contribution >= 0.6 is 0 Å². The van der Waals surface area contributed by atoms with Gasteiger partial charge in [-0.25, -0.2) is 0 Å². The summed E-state index contributed by atoms with van der Waals surface area (Å²) in [6.45, 7) is 7.19. The van der Waals surface area contributed by atoms with Gasteiger partial charge in [0.15, 0.2) is 35.9 Å². The van der Waals surface area contributed by atoms with Gasteiger partial charge in [0.05, 0.1) is 0 Å². The van der Waals surface area contributed by atoms with Gasteiger partial charge in [-0.2, -0.15) is 0 Å². The van der Waals surface area contributed by atoms with E-state index in [2.05, 4.69) is 0 Å². The molecule has 10 atom stereocenters. The van der Waals surface area contributed by atoms with E-state index >= 15 is 0 Å². The molecule has 2 aliphatic rings. The summed E-state index contributed by atoms with van der Waals surface area (Å²) >= 11 is 0. The zero-order valence-electron chi connectivity index (χ0n) is 31.6. The van der Waals surface area contributed by atoms with Crippen molar-refractivity contribution in [3.8, 4) is 11.5 Å². The molecule has 0 unspecified atom stereocenters. The van der Waals surface area contributed by atoms with Crippen LogP contribution in [0.1, 0.15) is 65.7 Å². The van der Waals surface area contributed by atoms with Crippen LogP contribution in [0.4, 0.5) is 0 Å². The topological polar surface area (TPSA) is 264 Å². The second-order valence-electron chi connectivity index (χ2n) is 12.2. The second kappa shape index (κ2) is 20.2. The molecule has 1 aromatic carbocycles. The molecule has 21 heteroatoms. The quantitative estimate of drug-likeness (QED) is 0.132. The molecule has 0 aliphatic carbocycles. The largest absolute Gasteiger partial charge is 0.463 e. The summed E-state index contributed by atoms with van der Waals surface area (Å²) in [5, 5.41) is 0. The van der Waals surface area contributed by atoms with E-state index in [0.717, 1.165) is 61.5 Å². The van der Waals surface area contributed by atoms with Crippen molar-refractivity contribution in [1.82, 2.24) is 0 Å². The van der Waals surface area contributed by atoms with E-state index in [4.69, 9.17) is 56.8 Å². The van der Waals surface area contributed by atoms with E-state index in [0.29, 0.717) is 6.29 Å². The monoisotopic (exact) mass is 798 g/mol. The van der Waals surface area contributed by atoms with Gasteiger partial charge in [0.25, 0.3) is 0 Å². The Morgan fingerprint density at radius 1 is 0.482 bits per heavy atom. The molecule has 56 heavy (non-hydrogen) atoms. The van der Waals surface area contributed by atoms with Crippen LogP contribution in [0.25, 0.3) is 0 Å². The Hall–Kier alpha value is -5.83. The lowest BCUT2D eigenvalue weighted by molar-refractivity contribution is -0.292. The van der Waals surface area contributed by atoms with Gasteiger partial charge in [-0.15, -0.1) is 0 Å². The minimum Gasteiger partial charge on any atom is -0.463 e. The summed E-state index contributed by atoms with van der Waals surface area (Å²) < 4.78 is 67.0. The Morgan fingerprint density at radius 2 is 0.821 bits per heavy atom. The van der Waals surface area contributed by atoms with Crippen LogP contribution in [0.2, 0.25) is 0 Å². The number of carbonyl (C=O) groups is 9. The van der Waals surface area contributed by atoms with Crippen LogP contribution in [-0.2, 0) is 85.7 Å². The molecule has 1 aromatic rings. The van der Waals surface area contributed by atoms with Gasteiger partial charge in [0, 0.05) is 61.0 Å². The van der Waals surface area contributed by atoms with Crippen molar-refractivity contribution in [2.45, 2.75) is 117 Å². The summed E-state index contributed by atoms with van der Waals surface area (Å²) in [5.41, 5.74) is -0.0143. The lowest BCUT2D eigenvalue weighted by Gasteiger charge is -2.44. The number of hydrogen-bond acceptors (Lipinski definition) is 21. The average molecular weight is 799 g/mol. The molecule has 0 saturated carbocycles. The van der Waals surface area contributed by atoms with Crippen molar-refractivity contribution >= 4 is 54.0 Å². The van der Waals surface area contributed by atoms with E-state index < -0.39 is 122 Å². The van der Waals surface area contributed by atoms with Gasteiger partial charge in [-0.05, 0) is 18.2 Å². The fourth-order valence-corrected chi connectivity index (χ4v) is 5.60. The van der Waals surface area contributed by atoms with E-state index in [-0.39, 0.29) is 17.1 Å². The third-order valence-corrected chi connectivity index (χ3v) is 7.49. The van der Waals surface area contributed by atoms with Crippen molar-refractivity contribution in [2.75, 3.05) is 13.2 Å². The highest BCUT2D eigenvalue weighted by Gasteiger charge is 2.55. The number of ether oxygens (including phenoxy) is 12. The Morgan fingerprint density at radius 3 is 1.16 bits per heavy atom. The second-order valence-corrected chi connectivity index (χ2v) is 12.2. The van der Waals surface area contributed by atoms with Crippen LogP contribution < -0.4 is 9.47 Å². The van der Waals surface area contributed by atoms with Gasteiger partial charge < -0.3 is 56.8 Å². The van der Waals surface area contributed by atoms with Gasteiger partial charge >= 0.3 is 47.8 Å². The maximum Gasteiger partial charge on any atom is 0.303 e. The predicted molar refractivity (Wildman–Crippen MR) is 177 cm³/mol.